The maximum absolute atomic E-state index is 5.87. The summed E-state index contributed by atoms with van der Waals surface area (Å²) in [5, 5.41) is 5.37. The van der Waals surface area contributed by atoms with E-state index in [0.717, 1.165) is 43.0 Å². The molecule has 0 N–H and O–H groups in total. The zero-order chi connectivity index (χ0) is 16.7. The molecule has 2 aliphatic heterocycles. The molecule has 7 nitrogen and oxygen atoms in total. The summed E-state index contributed by atoms with van der Waals surface area (Å²) in [6, 6.07) is 0.654. The number of ether oxygens (including phenoxy) is 1. The van der Waals surface area contributed by atoms with Gasteiger partial charge in [0.25, 0.3) is 0 Å². The van der Waals surface area contributed by atoms with Crippen molar-refractivity contribution in [2.24, 2.45) is 7.05 Å². The molecule has 4 rings (SSSR count). The number of aryl methyl sites for hydroxylation is 1. The van der Waals surface area contributed by atoms with Crippen LogP contribution in [0.5, 0.6) is 0 Å². The van der Waals surface area contributed by atoms with Gasteiger partial charge in [0.2, 0.25) is 0 Å². The lowest BCUT2D eigenvalue weighted by molar-refractivity contribution is -0.0826. The van der Waals surface area contributed by atoms with Crippen molar-refractivity contribution in [2.45, 2.75) is 44.9 Å². The zero-order valence-electron chi connectivity index (χ0n) is 14.7. The van der Waals surface area contributed by atoms with E-state index in [1.54, 1.807) is 6.33 Å². The van der Waals surface area contributed by atoms with Gasteiger partial charge in [0, 0.05) is 39.3 Å². The molecule has 7 heteroatoms. The van der Waals surface area contributed by atoms with Crippen molar-refractivity contribution in [3.63, 3.8) is 0 Å². The monoisotopic (exact) mass is 330 g/mol. The lowest BCUT2D eigenvalue weighted by Crippen LogP contribution is -2.53. The smallest absolute Gasteiger partial charge is 0.163 e. The average molecular weight is 330 g/mol. The van der Waals surface area contributed by atoms with Gasteiger partial charge in [-0.2, -0.15) is 5.10 Å². The van der Waals surface area contributed by atoms with Crippen LogP contribution in [0, 0.1) is 0 Å². The van der Waals surface area contributed by atoms with Gasteiger partial charge in [0.1, 0.15) is 12.1 Å². The summed E-state index contributed by atoms with van der Waals surface area (Å²) < 4.78 is 7.68. The fourth-order valence-corrected chi connectivity index (χ4v) is 4.16. The highest BCUT2D eigenvalue weighted by atomic mass is 16.5. The normalized spacial score (nSPS) is 27.0. The molecule has 4 heterocycles. The van der Waals surface area contributed by atoms with Gasteiger partial charge in [0.15, 0.2) is 5.65 Å². The number of hydrogen-bond acceptors (Lipinski definition) is 6. The molecule has 2 saturated heterocycles. The first-order valence-corrected chi connectivity index (χ1v) is 8.89. The summed E-state index contributed by atoms with van der Waals surface area (Å²) in [6.45, 7) is 8.53. The van der Waals surface area contributed by atoms with E-state index < -0.39 is 0 Å². The number of rotatable bonds is 2. The molecule has 0 unspecified atom stereocenters. The summed E-state index contributed by atoms with van der Waals surface area (Å²) >= 11 is 0. The lowest BCUT2D eigenvalue weighted by atomic mass is 10.0. The fraction of sp³-hybridized carbons (Fsp3) is 0.706. The van der Waals surface area contributed by atoms with E-state index in [2.05, 4.69) is 38.7 Å². The van der Waals surface area contributed by atoms with Crippen LogP contribution < -0.4 is 4.90 Å². The molecule has 130 valence electrons. The van der Waals surface area contributed by atoms with Crippen LogP contribution in [0.1, 0.15) is 26.7 Å². The van der Waals surface area contributed by atoms with E-state index in [1.807, 2.05) is 17.9 Å². The van der Waals surface area contributed by atoms with Gasteiger partial charge in [-0.1, -0.05) is 0 Å². The molecule has 2 aromatic heterocycles. The Hall–Kier alpha value is -1.73. The van der Waals surface area contributed by atoms with Crippen molar-refractivity contribution >= 4 is 16.9 Å². The van der Waals surface area contributed by atoms with Crippen LogP contribution in [0.15, 0.2) is 12.5 Å². The first kappa shape index (κ1) is 15.8. The Morgan fingerprint density at radius 1 is 1.08 bits per heavy atom. The maximum Gasteiger partial charge on any atom is 0.163 e. The number of aromatic nitrogens is 4. The first-order chi connectivity index (χ1) is 11.6. The van der Waals surface area contributed by atoms with Crippen molar-refractivity contribution in [1.29, 1.82) is 0 Å². The largest absolute Gasteiger partial charge is 0.373 e. The molecule has 0 spiro atoms. The number of fused-ring (bicyclic) bond motifs is 1. The quantitative estimate of drug-likeness (QED) is 0.830. The van der Waals surface area contributed by atoms with E-state index in [0.29, 0.717) is 18.2 Å². The van der Waals surface area contributed by atoms with Gasteiger partial charge in [-0.25, -0.2) is 9.97 Å². The molecule has 2 aliphatic rings. The Balaban J connectivity index is 1.46. The second-order valence-electron chi connectivity index (χ2n) is 7.13. The van der Waals surface area contributed by atoms with E-state index in [9.17, 15) is 0 Å². The highest BCUT2D eigenvalue weighted by molar-refractivity contribution is 5.86. The third-order valence-corrected chi connectivity index (χ3v) is 5.24. The van der Waals surface area contributed by atoms with Crippen molar-refractivity contribution in [3.05, 3.63) is 12.5 Å². The van der Waals surface area contributed by atoms with Gasteiger partial charge >= 0.3 is 0 Å². The molecule has 24 heavy (non-hydrogen) atoms. The Bertz CT molecular complexity index is 698. The highest BCUT2D eigenvalue weighted by Crippen LogP contribution is 2.27. The predicted octanol–water partition coefficient (Wildman–Crippen LogP) is 1.44. The SMILES string of the molecule is C[C@@H]1CN(C2CCN(c3ncnc4c3cnn4C)CC2)C[C@@H](C)O1. The predicted molar refractivity (Wildman–Crippen MR) is 93.1 cm³/mol. The summed E-state index contributed by atoms with van der Waals surface area (Å²) in [4.78, 5) is 13.9. The van der Waals surface area contributed by atoms with Crippen LogP contribution in [0.25, 0.3) is 11.0 Å². The molecule has 0 saturated carbocycles. The van der Waals surface area contributed by atoms with Crippen molar-refractivity contribution in [2.75, 3.05) is 31.1 Å². The van der Waals surface area contributed by atoms with Gasteiger partial charge in [-0.15, -0.1) is 0 Å². The van der Waals surface area contributed by atoms with Crippen LogP contribution >= 0.6 is 0 Å². The Labute approximate surface area is 142 Å². The molecule has 2 fully saturated rings. The van der Waals surface area contributed by atoms with Crippen LogP contribution in [0.3, 0.4) is 0 Å². The third-order valence-electron chi connectivity index (χ3n) is 5.24. The number of piperidine rings is 1. The highest BCUT2D eigenvalue weighted by Gasteiger charge is 2.31. The van der Waals surface area contributed by atoms with Crippen LogP contribution in [0.2, 0.25) is 0 Å². The zero-order valence-corrected chi connectivity index (χ0v) is 14.7. The third kappa shape index (κ3) is 2.86. The van der Waals surface area contributed by atoms with Gasteiger partial charge in [0.05, 0.1) is 23.8 Å². The number of hydrogen-bond donors (Lipinski definition) is 0. The number of nitrogens with zero attached hydrogens (tertiary/aromatic N) is 6. The van der Waals surface area contributed by atoms with Crippen LogP contribution in [-0.4, -0.2) is 69.1 Å². The molecule has 0 bridgehead atoms. The molecule has 0 aromatic carbocycles. The number of morpholine rings is 1. The number of anilines is 1. The van der Waals surface area contributed by atoms with Crippen LogP contribution in [-0.2, 0) is 11.8 Å². The van der Waals surface area contributed by atoms with Crippen molar-refractivity contribution in [3.8, 4) is 0 Å². The fourth-order valence-electron chi connectivity index (χ4n) is 4.16. The standard InChI is InChI=1S/C17H26N6O/c1-12-9-23(10-13(2)24-12)14-4-6-22(7-5-14)17-15-8-20-21(3)16(15)18-11-19-17/h8,11-14H,4-7,9-10H2,1-3H3/t12-,13-/m1/s1. The summed E-state index contributed by atoms with van der Waals surface area (Å²) in [5.41, 5.74) is 0.901. The molecule has 2 atom stereocenters. The van der Waals surface area contributed by atoms with E-state index in [1.165, 1.54) is 12.8 Å². The van der Waals surface area contributed by atoms with Crippen molar-refractivity contribution < 1.29 is 4.74 Å². The molecule has 0 aliphatic carbocycles. The Morgan fingerprint density at radius 2 is 1.79 bits per heavy atom. The molecular weight excluding hydrogens is 304 g/mol. The Kier molecular flexibility index (Phi) is 4.14. The summed E-state index contributed by atoms with van der Waals surface area (Å²) in [7, 11) is 1.92. The van der Waals surface area contributed by atoms with Crippen LogP contribution in [0.4, 0.5) is 5.82 Å². The van der Waals surface area contributed by atoms with Gasteiger partial charge in [-0.3, -0.25) is 9.58 Å². The van der Waals surface area contributed by atoms with Gasteiger partial charge < -0.3 is 9.64 Å². The second-order valence-corrected chi connectivity index (χ2v) is 7.13. The minimum absolute atomic E-state index is 0.337. The summed E-state index contributed by atoms with van der Waals surface area (Å²) in [5.74, 6) is 1.02. The molecule has 0 amide bonds. The van der Waals surface area contributed by atoms with Crippen molar-refractivity contribution in [1.82, 2.24) is 24.6 Å². The second kappa shape index (κ2) is 6.29. The summed E-state index contributed by atoms with van der Waals surface area (Å²) in [6.07, 6.45) is 6.54. The van der Waals surface area contributed by atoms with E-state index in [4.69, 9.17) is 4.74 Å². The first-order valence-electron chi connectivity index (χ1n) is 8.89. The topological polar surface area (TPSA) is 59.3 Å². The lowest BCUT2D eigenvalue weighted by Gasteiger charge is -2.43. The average Bonchev–Trinajstić information content (AvgIpc) is 2.96. The molecule has 0 radical (unpaired) electrons. The van der Waals surface area contributed by atoms with E-state index in [-0.39, 0.29) is 0 Å². The Morgan fingerprint density at radius 3 is 2.50 bits per heavy atom. The van der Waals surface area contributed by atoms with E-state index >= 15 is 0 Å². The minimum atomic E-state index is 0.337. The molecule has 2 aromatic rings. The molecular formula is C17H26N6O. The maximum atomic E-state index is 5.87. The van der Waals surface area contributed by atoms with Gasteiger partial charge in [-0.05, 0) is 26.7 Å². The minimum Gasteiger partial charge on any atom is -0.373 e.